The molecule has 0 aromatic carbocycles. The second-order valence-corrected chi connectivity index (χ2v) is 12.3. The maximum absolute atomic E-state index is 15.2. The van der Waals surface area contributed by atoms with Crippen molar-refractivity contribution >= 4 is 40.5 Å². The Morgan fingerprint density at radius 2 is 1.71 bits per heavy atom. The molecule has 0 N–H and O–H groups in total. The van der Waals surface area contributed by atoms with Crippen molar-refractivity contribution in [1.29, 1.82) is 0 Å². The lowest BCUT2D eigenvalue weighted by molar-refractivity contribution is 0.0216. The number of amides is 2. The van der Waals surface area contributed by atoms with Crippen LogP contribution in [0.2, 0.25) is 0 Å². The van der Waals surface area contributed by atoms with Gasteiger partial charge in [-0.3, -0.25) is 9.88 Å². The molecule has 2 aromatic heterocycles. The second-order valence-electron chi connectivity index (χ2n) is 11.6. The van der Waals surface area contributed by atoms with Gasteiger partial charge >= 0.3 is 12.2 Å². The van der Waals surface area contributed by atoms with Gasteiger partial charge in [-0.2, -0.15) is 0 Å². The van der Waals surface area contributed by atoms with Crippen molar-refractivity contribution in [2.24, 2.45) is 5.92 Å². The second kappa shape index (κ2) is 10.9. The molecule has 4 heterocycles. The van der Waals surface area contributed by atoms with Crippen LogP contribution in [0.25, 0.3) is 10.9 Å². The zero-order valence-corrected chi connectivity index (χ0v) is 25.2. The van der Waals surface area contributed by atoms with E-state index in [0.29, 0.717) is 22.6 Å². The summed E-state index contributed by atoms with van der Waals surface area (Å²) in [4.78, 5) is 38.9. The molecule has 2 aromatic rings. The summed E-state index contributed by atoms with van der Waals surface area (Å²) in [5.41, 5.74) is 0.285. The zero-order valence-electron chi connectivity index (χ0n) is 24.4. The molecule has 0 spiro atoms. The molecule has 210 valence electrons. The SMILES string of the molecule is CC.CSc1nc2c(F)c(C)ncc2c(N(C(=O)OC(C)(C)C)C2C3CC2N(C(=O)OC(C)(C)C)C3)c1C. The number of aryl methyl sites for hydroxylation is 1. The fraction of sp³-hybridized carbons (Fsp3) is 0.643. The molecule has 3 aliphatic rings. The first-order chi connectivity index (χ1) is 17.6. The lowest BCUT2D eigenvalue weighted by Crippen LogP contribution is -2.59. The van der Waals surface area contributed by atoms with Crippen LogP contribution in [-0.2, 0) is 9.47 Å². The Bertz CT molecular complexity index is 1220. The van der Waals surface area contributed by atoms with E-state index < -0.39 is 29.2 Å². The van der Waals surface area contributed by atoms with Crippen molar-refractivity contribution in [3.8, 4) is 0 Å². The molecule has 3 atom stereocenters. The summed E-state index contributed by atoms with van der Waals surface area (Å²) >= 11 is 1.39. The van der Waals surface area contributed by atoms with E-state index in [9.17, 15) is 9.59 Å². The van der Waals surface area contributed by atoms with Crippen molar-refractivity contribution in [3.63, 3.8) is 0 Å². The molecular formula is C28H41FN4O4S. The predicted molar refractivity (Wildman–Crippen MR) is 149 cm³/mol. The summed E-state index contributed by atoms with van der Waals surface area (Å²) in [6.45, 7) is 18.8. The van der Waals surface area contributed by atoms with Crippen molar-refractivity contribution < 1.29 is 23.5 Å². The summed E-state index contributed by atoms with van der Waals surface area (Å²) < 4.78 is 26.7. The van der Waals surface area contributed by atoms with Gasteiger partial charge in [0.05, 0.1) is 23.5 Å². The van der Waals surface area contributed by atoms with Crippen molar-refractivity contribution in [1.82, 2.24) is 14.9 Å². The molecule has 2 amide bonds. The van der Waals surface area contributed by atoms with Gasteiger partial charge in [0.1, 0.15) is 21.7 Å². The quantitative estimate of drug-likeness (QED) is 0.386. The highest BCUT2D eigenvalue weighted by Crippen LogP contribution is 2.49. The lowest BCUT2D eigenvalue weighted by Gasteiger charge is -2.45. The number of halogens is 1. The first-order valence-electron chi connectivity index (χ1n) is 13.1. The molecule has 38 heavy (non-hydrogen) atoms. The fourth-order valence-corrected chi connectivity index (χ4v) is 5.61. The van der Waals surface area contributed by atoms with E-state index in [0.717, 1.165) is 12.0 Å². The number of carbonyl (C=O) groups excluding carboxylic acids is 2. The third-order valence-electron chi connectivity index (χ3n) is 6.52. The summed E-state index contributed by atoms with van der Waals surface area (Å²) in [5, 5.41) is 1.06. The largest absolute Gasteiger partial charge is 0.444 e. The third-order valence-corrected chi connectivity index (χ3v) is 7.30. The average molecular weight is 549 g/mol. The van der Waals surface area contributed by atoms with E-state index in [1.165, 1.54) is 11.8 Å². The van der Waals surface area contributed by atoms with E-state index in [4.69, 9.17) is 9.47 Å². The lowest BCUT2D eigenvalue weighted by atomic mass is 9.78. The number of ether oxygens (including phenoxy) is 2. The van der Waals surface area contributed by atoms with Gasteiger partial charge in [-0.15, -0.1) is 11.8 Å². The van der Waals surface area contributed by atoms with E-state index >= 15 is 4.39 Å². The standard InChI is InChI=1S/C26H35FN4O4S.C2H6/c1-13-20(16-11-28-14(2)18(27)19(16)29-22(13)36-9)31(24(33)35-26(6,7)8)21-15-10-17(21)30(12-15)23(32)34-25(3,4)5;1-2/h11,15,17,21H,10,12H2,1-9H3;1-2H3. The Kier molecular flexibility index (Phi) is 8.56. The maximum Gasteiger partial charge on any atom is 0.415 e. The van der Waals surface area contributed by atoms with Crippen LogP contribution in [0.1, 0.15) is 73.1 Å². The molecule has 1 aliphatic carbocycles. The number of rotatable bonds is 3. The summed E-state index contributed by atoms with van der Waals surface area (Å²) in [5.74, 6) is -0.473. The number of nitrogens with zero attached hydrogens (tertiary/aromatic N) is 4. The minimum absolute atomic E-state index is 0.0404. The number of anilines is 1. The van der Waals surface area contributed by atoms with E-state index in [1.54, 1.807) is 43.7 Å². The number of thioether (sulfide) groups is 1. The molecule has 1 saturated carbocycles. The highest BCUT2D eigenvalue weighted by molar-refractivity contribution is 7.98. The number of fused-ring (bicyclic) bond motifs is 2. The van der Waals surface area contributed by atoms with Crippen molar-refractivity contribution in [2.75, 3.05) is 17.7 Å². The van der Waals surface area contributed by atoms with Gasteiger partial charge in [0.25, 0.3) is 0 Å². The average Bonchev–Trinajstić information content (AvgIpc) is 3.40. The molecule has 3 unspecified atom stereocenters. The van der Waals surface area contributed by atoms with Crippen LogP contribution in [0.5, 0.6) is 0 Å². The number of carbonyl (C=O) groups is 2. The van der Waals surface area contributed by atoms with Gasteiger partial charge in [-0.05, 0) is 68.1 Å². The van der Waals surface area contributed by atoms with Crippen LogP contribution < -0.4 is 4.90 Å². The molecule has 2 aliphatic heterocycles. The van der Waals surface area contributed by atoms with Crippen LogP contribution in [0.15, 0.2) is 11.2 Å². The zero-order chi connectivity index (χ0) is 28.7. The molecule has 3 fully saturated rings. The van der Waals surface area contributed by atoms with Crippen molar-refractivity contribution in [3.05, 3.63) is 23.3 Å². The Morgan fingerprint density at radius 1 is 1.11 bits per heavy atom. The molecule has 2 bridgehead atoms. The Morgan fingerprint density at radius 3 is 2.26 bits per heavy atom. The fourth-order valence-electron chi connectivity index (χ4n) is 5.03. The van der Waals surface area contributed by atoms with E-state index in [1.807, 2.05) is 47.8 Å². The molecule has 10 heteroatoms. The predicted octanol–water partition coefficient (Wildman–Crippen LogP) is 6.88. The van der Waals surface area contributed by atoms with Crippen molar-refractivity contribution in [2.45, 2.75) is 104 Å². The normalized spacial score (nSPS) is 20.4. The molecule has 0 radical (unpaired) electrons. The van der Waals surface area contributed by atoms with Gasteiger partial charge in [-0.1, -0.05) is 13.8 Å². The van der Waals surface area contributed by atoms with Gasteiger partial charge < -0.3 is 14.4 Å². The van der Waals surface area contributed by atoms with Gasteiger partial charge in [-0.25, -0.2) is 19.0 Å². The summed E-state index contributed by atoms with van der Waals surface area (Å²) in [6.07, 6.45) is 3.25. The summed E-state index contributed by atoms with van der Waals surface area (Å²) in [7, 11) is 0. The monoisotopic (exact) mass is 548 g/mol. The van der Waals surface area contributed by atoms with Crippen LogP contribution in [0.4, 0.5) is 19.7 Å². The van der Waals surface area contributed by atoms with Gasteiger partial charge in [0.2, 0.25) is 0 Å². The number of aromatic nitrogens is 2. The first-order valence-corrected chi connectivity index (χ1v) is 14.4. The molecular weight excluding hydrogens is 507 g/mol. The molecule has 8 nitrogen and oxygen atoms in total. The van der Waals surface area contributed by atoms with Crippen LogP contribution in [0, 0.1) is 25.6 Å². The highest BCUT2D eigenvalue weighted by atomic mass is 32.2. The third kappa shape index (κ3) is 5.70. The van der Waals surface area contributed by atoms with Crippen LogP contribution in [-0.4, -0.2) is 63.1 Å². The number of hydrogen-bond donors (Lipinski definition) is 0. The minimum Gasteiger partial charge on any atom is -0.444 e. The van der Waals surface area contributed by atoms with Crippen LogP contribution in [0.3, 0.4) is 0 Å². The number of pyridine rings is 2. The van der Waals surface area contributed by atoms with Gasteiger partial charge in [0, 0.05) is 29.6 Å². The molecule has 5 rings (SSSR count). The Balaban J connectivity index is 0.00000195. The van der Waals surface area contributed by atoms with Gasteiger partial charge in [0.15, 0.2) is 5.82 Å². The van der Waals surface area contributed by atoms with Crippen LogP contribution >= 0.6 is 11.8 Å². The van der Waals surface area contributed by atoms with E-state index in [2.05, 4.69) is 9.97 Å². The number of hydrogen-bond acceptors (Lipinski definition) is 7. The minimum atomic E-state index is -0.748. The molecule has 2 saturated heterocycles. The Hall–Kier alpha value is -2.62. The highest BCUT2D eigenvalue weighted by Gasteiger charge is 2.59. The smallest absolute Gasteiger partial charge is 0.415 e. The topological polar surface area (TPSA) is 84.9 Å². The van der Waals surface area contributed by atoms with E-state index in [-0.39, 0.29) is 29.2 Å². The Labute approximate surface area is 229 Å². The first kappa shape index (κ1) is 29.9. The maximum atomic E-state index is 15.2. The summed E-state index contributed by atoms with van der Waals surface area (Å²) in [6, 6.07) is -0.572.